The van der Waals surface area contributed by atoms with Crippen LogP contribution in [-0.4, -0.2) is 13.2 Å². The molecule has 0 fully saturated rings. The third-order valence-electron chi connectivity index (χ3n) is 2.90. The van der Waals surface area contributed by atoms with Gasteiger partial charge in [-0.2, -0.15) is 0 Å². The van der Waals surface area contributed by atoms with Crippen molar-refractivity contribution in [1.29, 1.82) is 0 Å². The average Bonchev–Trinajstić information content (AvgIpc) is 2.41. The molecule has 0 aliphatic heterocycles. The summed E-state index contributed by atoms with van der Waals surface area (Å²) in [5.74, 6) is -0.619. The van der Waals surface area contributed by atoms with Crippen molar-refractivity contribution in [3.63, 3.8) is 0 Å². The summed E-state index contributed by atoms with van der Waals surface area (Å²) in [6.45, 7) is 5.85. The summed E-state index contributed by atoms with van der Waals surface area (Å²) in [5.41, 5.74) is 6.24. The zero-order valence-corrected chi connectivity index (χ0v) is 13.3. The molecule has 0 saturated heterocycles. The van der Waals surface area contributed by atoms with Gasteiger partial charge in [0.1, 0.15) is 5.82 Å². The van der Waals surface area contributed by atoms with Crippen LogP contribution in [-0.2, 0) is 0 Å². The second-order valence-corrected chi connectivity index (χ2v) is 5.09. The molecule has 24 heavy (non-hydrogen) atoms. The molecule has 1 amide bonds. The highest BCUT2D eigenvalue weighted by atomic mass is 19.5. The maximum atomic E-state index is 12.8. The number of pyridine rings is 1. The summed E-state index contributed by atoms with van der Waals surface area (Å²) >= 11 is 0. The van der Waals surface area contributed by atoms with Gasteiger partial charge in [-0.25, -0.2) is 4.39 Å². The van der Waals surface area contributed by atoms with Gasteiger partial charge in [0.15, 0.2) is 0 Å². The number of hydrogen-bond acceptors (Lipinski definition) is 1. The van der Waals surface area contributed by atoms with Crippen LogP contribution in [0.1, 0.15) is 27.3 Å². The van der Waals surface area contributed by atoms with Crippen molar-refractivity contribution in [3.8, 4) is 0 Å². The molecular formula is C15H16BF5N2O. The number of amides is 1. The predicted octanol–water partition coefficient (Wildman–Crippen LogP) is 3.72. The first kappa shape index (κ1) is 19.6. The lowest BCUT2D eigenvalue weighted by Crippen LogP contribution is -2.52. The van der Waals surface area contributed by atoms with Crippen molar-refractivity contribution in [2.45, 2.75) is 20.8 Å². The molecule has 0 spiro atoms. The van der Waals surface area contributed by atoms with Crippen LogP contribution in [0, 0.1) is 26.6 Å². The minimum atomic E-state index is -6.00. The van der Waals surface area contributed by atoms with Gasteiger partial charge in [-0.1, -0.05) is 4.68 Å². The number of carbonyl (C=O) groups excluding carboxylic acids is 1. The van der Waals surface area contributed by atoms with Gasteiger partial charge in [0.2, 0.25) is 11.4 Å². The van der Waals surface area contributed by atoms with Gasteiger partial charge >= 0.3 is 13.2 Å². The third kappa shape index (κ3) is 6.76. The Kier molecular flexibility index (Phi) is 6.45. The fourth-order valence-corrected chi connectivity index (χ4v) is 2.05. The Bertz CT molecular complexity index is 688. The molecule has 9 heteroatoms. The van der Waals surface area contributed by atoms with Crippen molar-refractivity contribution in [3.05, 3.63) is 64.7 Å². The first-order valence-corrected chi connectivity index (χ1v) is 6.91. The van der Waals surface area contributed by atoms with E-state index in [2.05, 4.69) is 5.43 Å². The summed E-state index contributed by atoms with van der Waals surface area (Å²) in [7, 11) is -6.00. The molecule has 1 heterocycles. The van der Waals surface area contributed by atoms with Gasteiger partial charge in [-0.15, -0.1) is 5.43 Å². The third-order valence-corrected chi connectivity index (χ3v) is 2.90. The van der Waals surface area contributed by atoms with E-state index in [0.29, 0.717) is 5.56 Å². The lowest BCUT2D eigenvalue weighted by molar-refractivity contribution is -0.654. The fourth-order valence-electron chi connectivity index (χ4n) is 2.05. The number of halogens is 5. The van der Waals surface area contributed by atoms with Crippen molar-refractivity contribution in [2.24, 2.45) is 0 Å². The molecule has 0 bridgehead atoms. The largest absolute Gasteiger partial charge is 0.673 e. The lowest BCUT2D eigenvalue weighted by atomic mass is 10.2. The second-order valence-electron chi connectivity index (χ2n) is 5.09. The van der Waals surface area contributed by atoms with Gasteiger partial charge in [0.25, 0.3) is 0 Å². The number of rotatable bonds is 2. The molecule has 0 unspecified atom stereocenters. The first-order chi connectivity index (χ1) is 11.0. The fraction of sp³-hybridized carbons (Fsp3) is 0.200. The normalized spacial score (nSPS) is 10.7. The van der Waals surface area contributed by atoms with Crippen molar-refractivity contribution in [1.82, 2.24) is 0 Å². The quantitative estimate of drug-likeness (QED) is 0.502. The Morgan fingerprint density at radius 1 is 0.958 bits per heavy atom. The smallest absolute Gasteiger partial charge is 0.418 e. The van der Waals surface area contributed by atoms with Crippen molar-refractivity contribution in [2.75, 3.05) is 5.43 Å². The van der Waals surface area contributed by atoms with Crippen LogP contribution in [0.5, 0.6) is 0 Å². The van der Waals surface area contributed by atoms with Crippen molar-refractivity contribution < 1.29 is 31.1 Å². The molecule has 2 rings (SSSR count). The molecule has 1 aromatic heterocycles. The minimum absolute atomic E-state index is 0.264. The predicted molar refractivity (Wildman–Crippen MR) is 81.1 cm³/mol. The van der Waals surface area contributed by atoms with Crippen LogP contribution < -0.4 is 10.1 Å². The monoisotopic (exact) mass is 346 g/mol. The summed E-state index contributed by atoms with van der Waals surface area (Å²) in [6, 6.07) is 9.44. The second kappa shape index (κ2) is 7.89. The van der Waals surface area contributed by atoms with Gasteiger partial charge in [-0.05, 0) is 36.8 Å². The zero-order chi connectivity index (χ0) is 18.5. The number of carbonyl (C=O) groups is 1. The maximum Gasteiger partial charge on any atom is 0.673 e. The standard InChI is InChI=1S/C15H15FN2O.BF4/c1-10-8-11(2)18(12(3)9-10)17-15(19)13-4-6-14(16)7-5-13;2-1(3,4)5/h4-9H,1-3H3;/q;-1/p+1. The highest BCUT2D eigenvalue weighted by molar-refractivity contribution is 6.50. The Morgan fingerprint density at radius 2 is 1.38 bits per heavy atom. The number of aryl methyl sites for hydroxylation is 3. The van der Waals surface area contributed by atoms with Crippen LogP contribution in [0.25, 0.3) is 0 Å². The van der Waals surface area contributed by atoms with Crippen LogP contribution in [0.15, 0.2) is 36.4 Å². The first-order valence-electron chi connectivity index (χ1n) is 6.91. The molecule has 0 aliphatic carbocycles. The minimum Gasteiger partial charge on any atom is -0.418 e. The Balaban J connectivity index is 0.000000505. The van der Waals surface area contributed by atoms with E-state index in [9.17, 15) is 26.4 Å². The number of nitrogens with zero attached hydrogens (tertiary/aromatic N) is 1. The highest BCUT2D eigenvalue weighted by Gasteiger charge is 2.20. The number of benzene rings is 1. The summed E-state index contributed by atoms with van der Waals surface area (Å²) in [5, 5.41) is 0. The van der Waals surface area contributed by atoms with E-state index >= 15 is 0 Å². The van der Waals surface area contributed by atoms with Gasteiger partial charge in [0.05, 0.1) is 0 Å². The van der Waals surface area contributed by atoms with E-state index in [0.717, 1.165) is 17.0 Å². The Labute approximate surface area is 136 Å². The lowest BCUT2D eigenvalue weighted by Gasteiger charge is -2.05. The van der Waals surface area contributed by atoms with E-state index in [1.54, 1.807) is 4.68 Å². The number of aromatic nitrogens is 1. The molecule has 2 aromatic rings. The Hall–Kier alpha value is -2.45. The molecular weight excluding hydrogens is 330 g/mol. The maximum absolute atomic E-state index is 12.8. The van der Waals surface area contributed by atoms with E-state index in [4.69, 9.17) is 0 Å². The highest BCUT2D eigenvalue weighted by Crippen LogP contribution is 2.06. The molecule has 3 nitrogen and oxygen atoms in total. The summed E-state index contributed by atoms with van der Waals surface area (Å²) in [6.07, 6.45) is 0. The Morgan fingerprint density at radius 3 is 1.79 bits per heavy atom. The van der Waals surface area contributed by atoms with Gasteiger partial charge < -0.3 is 17.3 Å². The molecule has 1 aromatic carbocycles. The average molecular weight is 346 g/mol. The molecule has 130 valence electrons. The van der Waals surface area contributed by atoms with Crippen LogP contribution in [0.2, 0.25) is 0 Å². The molecule has 0 saturated carbocycles. The zero-order valence-electron chi connectivity index (χ0n) is 13.3. The van der Waals surface area contributed by atoms with Gasteiger partial charge in [0, 0.05) is 31.5 Å². The summed E-state index contributed by atoms with van der Waals surface area (Å²) in [4.78, 5) is 12.1. The number of hydrogen-bond donors (Lipinski definition) is 1. The molecule has 0 atom stereocenters. The molecule has 0 aliphatic rings. The van der Waals surface area contributed by atoms with Crippen molar-refractivity contribution >= 4 is 13.2 Å². The van der Waals surface area contributed by atoms with Gasteiger partial charge in [-0.3, -0.25) is 4.79 Å². The van der Waals surface area contributed by atoms with E-state index in [-0.39, 0.29) is 11.7 Å². The number of nitrogens with one attached hydrogen (secondary N) is 1. The summed E-state index contributed by atoms with van der Waals surface area (Å²) < 4.78 is 53.5. The molecule has 1 N–H and O–H groups in total. The van der Waals surface area contributed by atoms with E-state index < -0.39 is 7.25 Å². The van der Waals surface area contributed by atoms with E-state index in [1.165, 1.54) is 24.3 Å². The topological polar surface area (TPSA) is 33.0 Å². The van der Waals surface area contributed by atoms with Crippen LogP contribution in [0.4, 0.5) is 21.7 Å². The molecule has 0 radical (unpaired) electrons. The van der Waals surface area contributed by atoms with Crippen LogP contribution in [0.3, 0.4) is 0 Å². The van der Waals surface area contributed by atoms with Crippen LogP contribution >= 0.6 is 0 Å². The SMILES string of the molecule is Cc1cc(C)[n+](NC(=O)c2ccc(F)cc2)c(C)c1.F[B-](F)(F)F. The van der Waals surface area contributed by atoms with E-state index in [1.807, 2.05) is 32.9 Å².